The second-order valence-electron chi connectivity index (χ2n) is 2.60. The molecule has 0 aromatic rings. The van der Waals surface area contributed by atoms with Crippen LogP contribution in [0, 0.1) is 0 Å². The standard InChI is InChI=1S/C6H8O7S/c7-5-3-4(14(9,10)11)6(8)13-2-1-12-5/h4H,1-3H2,(H,9,10,11). The Labute approximate surface area is 79.7 Å². The van der Waals surface area contributed by atoms with Crippen LogP contribution in [0.4, 0.5) is 0 Å². The number of rotatable bonds is 1. The van der Waals surface area contributed by atoms with Crippen LogP contribution < -0.4 is 0 Å². The fourth-order valence-electron chi connectivity index (χ4n) is 0.911. The highest BCUT2D eigenvalue weighted by Gasteiger charge is 2.36. The summed E-state index contributed by atoms with van der Waals surface area (Å²) in [5.74, 6) is -1.99. The highest BCUT2D eigenvalue weighted by molar-refractivity contribution is 7.87. The molecule has 7 nitrogen and oxygen atoms in total. The Morgan fingerprint density at radius 3 is 2.36 bits per heavy atom. The maximum atomic E-state index is 11.0. The summed E-state index contributed by atoms with van der Waals surface area (Å²) in [6, 6.07) is 0. The number of carbonyl (C=O) groups excluding carboxylic acids is 2. The monoisotopic (exact) mass is 224 g/mol. The molecule has 8 heteroatoms. The van der Waals surface area contributed by atoms with Gasteiger partial charge in [-0.15, -0.1) is 0 Å². The lowest BCUT2D eigenvalue weighted by molar-refractivity contribution is -0.158. The lowest BCUT2D eigenvalue weighted by Crippen LogP contribution is -2.37. The molecule has 0 aliphatic carbocycles. The van der Waals surface area contributed by atoms with Crippen molar-refractivity contribution in [2.45, 2.75) is 11.7 Å². The summed E-state index contributed by atoms with van der Waals surface area (Å²) >= 11 is 0. The third-order valence-electron chi connectivity index (χ3n) is 1.57. The summed E-state index contributed by atoms with van der Waals surface area (Å²) in [6.07, 6.45) is -0.725. The second kappa shape index (κ2) is 3.93. The van der Waals surface area contributed by atoms with Crippen molar-refractivity contribution >= 4 is 22.1 Å². The zero-order valence-corrected chi connectivity index (χ0v) is 7.82. The Kier molecular flexibility index (Phi) is 3.06. The predicted octanol–water partition coefficient (Wildman–Crippen LogP) is -1.27. The summed E-state index contributed by atoms with van der Waals surface area (Å²) in [5.41, 5.74) is 0. The summed E-state index contributed by atoms with van der Waals surface area (Å²) < 4.78 is 38.8. The summed E-state index contributed by atoms with van der Waals surface area (Å²) in [4.78, 5) is 21.8. The normalized spacial score (nSPS) is 24.5. The molecule has 80 valence electrons. The van der Waals surface area contributed by atoms with Gasteiger partial charge in [0.1, 0.15) is 13.2 Å². The maximum absolute atomic E-state index is 11.0. The minimum Gasteiger partial charge on any atom is -0.462 e. The van der Waals surface area contributed by atoms with Crippen molar-refractivity contribution in [3.63, 3.8) is 0 Å². The smallest absolute Gasteiger partial charge is 0.327 e. The lowest BCUT2D eigenvalue weighted by atomic mass is 10.3. The van der Waals surface area contributed by atoms with Crippen molar-refractivity contribution in [2.75, 3.05) is 13.2 Å². The van der Waals surface area contributed by atoms with Gasteiger partial charge in [0.25, 0.3) is 10.1 Å². The van der Waals surface area contributed by atoms with E-state index in [0.29, 0.717) is 0 Å². The molecule has 1 rings (SSSR count). The molecule has 1 aliphatic rings. The van der Waals surface area contributed by atoms with Crippen LogP contribution in [0.3, 0.4) is 0 Å². The zero-order valence-electron chi connectivity index (χ0n) is 7.00. The molecule has 1 N–H and O–H groups in total. The van der Waals surface area contributed by atoms with Crippen LogP contribution in [0.5, 0.6) is 0 Å². The van der Waals surface area contributed by atoms with Gasteiger partial charge in [0.05, 0.1) is 6.42 Å². The van der Waals surface area contributed by atoms with E-state index in [1.165, 1.54) is 0 Å². The fourth-order valence-corrected chi connectivity index (χ4v) is 1.57. The first kappa shape index (κ1) is 10.9. The van der Waals surface area contributed by atoms with Crippen molar-refractivity contribution in [1.82, 2.24) is 0 Å². The van der Waals surface area contributed by atoms with E-state index in [9.17, 15) is 18.0 Å². The van der Waals surface area contributed by atoms with Gasteiger partial charge in [-0.1, -0.05) is 0 Å². The number of esters is 2. The Hall–Kier alpha value is -1.15. The summed E-state index contributed by atoms with van der Waals surface area (Å²) in [7, 11) is -4.62. The number of carbonyl (C=O) groups is 2. The molecule has 1 atom stereocenters. The van der Waals surface area contributed by atoms with Gasteiger partial charge in [-0.05, 0) is 0 Å². The Bertz CT molecular complexity index is 343. The molecular weight excluding hydrogens is 216 g/mol. The molecule has 1 saturated heterocycles. The molecular formula is C6H8O7S. The molecule has 1 heterocycles. The first-order valence-electron chi connectivity index (χ1n) is 3.70. The Balaban J connectivity index is 2.87. The molecule has 1 unspecified atom stereocenters. The van der Waals surface area contributed by atoms with Gasteiger partial charge in [-0.25, -0.2) is 0 Å². The lowest BCUT2D eigenvalue weighted by Gasteiger charge is -2.16. The fraction of sp³-hybridized carbons (Fsp3) is 0.667. The van der Waals surface area contributed by atoms with E-state index in [-0.39, 0.29) is 13.2 Å². The van der Waals surface area contributed by atoms with Gasteiger partial charge in [-0.2, -0.15) is 8.42 Å². The highest BCUT2D eigenvalue weighted by atomic mass is 32.2. The van der Waals surface area contributed by atoms with E-state index in [1.807, 2.05) is 0 Å². The van der Waals surface area contributed by atoms with Gasteiger partial charge in [-0.3, -0.25) is 14.1 Å². The van der Waals surface area contributed by atoms with E-state index < -0.39 is 33.7 Å². The molecule has 0 saturated carbocycles. The quantitative estimate of drug-likeness (QED) is 0.437. The Morgan fingerprint density at radius 2 is 1.79 bits per heavy atom. The maximum Gasteiger partial charge on any atom is 0.327 e. The first-order valence-corrected chi connectivity index (χ1v) is 5.20. The van der Waals surface area contributed by atoms with Crippen molar-refractivity contribution in [3.05, 3.63) is 0 Å². The number of cyclic esters (lactones) is 2. The molecule has 0 spiro atoms. The van der Waals surface area contributed by atoms with E-state index in [0.717, 1.165) is 0 Å². The van der Waals surface area contributed by atoms with Crippen LogP contribution in [0.2, 0.25) is 0 Å². The van der Waals surface area contributed by atoms with Gasteiger partial charge < -0.3 is 9.47 Å². The van der Waals surface area contributed by atoms with Gasteiger partial charge in [0.2, 0.25) is 0 Å². The van der Waals surface area contributed by atoms with Crippen molar-refractivity contribution < 1.29 is 32.0 Å². The highest BCUT2D eigenvalue weighted by Crippen LogP contribution is 2.10. The van der Waals surface area contributed by atoms with Crippen LogP contribution in [0.15, 0.2) is 0 Å². The van der Waals surface area contributed by atoms with E-state index in [2.05, 4.69) is 9.47 Å². The number of hydrogen-bond acceptors (Lipinski definition) is 6. The van der Waals surface area contributed by atoms with Crippen LogP contribution in [-0.2, 0) is 29.2 Å². The number of hydrogen-bond donors (Lipinski definition) is 1. The van der Waals surface area contributed by atoms with Crippen molar-refractivity contribution in [1.29, 1.82) is 0 Å². The molecule has 0 radical (unpaired) electrons. The van der Waals surface area contributed by atoms with Crippen LogP contribution in [-0.4, -0.2) is 43.4 Å². The molecule has 0 amide bonds. The molecule has 0 aromatic heterocycles. The minimum absolute atomic E-state index is 0.108. The van der Waals surface area contributed by atoms with Crippen molar-refractivity contribution in [3.8, 4) is 0 Å². The topological polar surface area (TPSA) is 107 Å². The van der Waals surface area contributed by atoms with Gasteiger partial charge in [0, 0.05) is 0 Å². The third-order valence-corrected chi connectivity index (χ3v) is 2.64. The number of ether oxygens (including phenoxy) is 2. The van der Waals surface area contributed by atoms with Crippen LogP contribution in [0.1, 0.15) is 6.42 Å². The minimum atomic E-state index is -4.62. The zero-order chi connectivity index (χ0) is 10.8. The largest absolute Gasteiger partial charge is 0.462 e. The predicted molar refractivity (Wildman–Crippen MR) is 41.9 cm³/mol. The average Bonchev–Trinajstić information content (AvgIpc) is 2.03. The van der Waals surface area contributed by atoms with Crippen LogP contribution >= 0.6 is 0 Å². The molecule has 0 aromatic carbocycles. The van der Waals surface area contributed by atoms with Crippen molar-refractivity contribution in [2.24, 2.45) is 0 Å². The van der Waals surface area contributed by atoms with Gasteiger partial charge >= 0.3 is 11.9 Å². The molecule has 0 bridgehead atoms. The third kappa shape index (κ3) is 2.67. The van der Waals surface area contributed by atoms with Crippen LogP contribution in [0.25, 0.3) is 0 Å². The average molecular weight is 224 g/mol. The van der Waals surface area contributed by atoms with E-state index in [4.69, 9.17) is 4.55 Å². The van der Waals surface area contributed by atoms with E-state index >= 15 is 0 Å². The Morgan fingerprint density at radius 1 is 1.21 bits per heavy atom. The molecule has 14 heavy (non-hydrogen) atoms. The van der Waals surface area contributed by atoms with E-state index in [1.54, 1.807) is 0 Å². The summed E-state index contributed by atoms with van der Waals surface area (Å²) in [5, 5.41) is -1.88. The SMILES string of the molecule is O=C1CC(S(=O)(=O)O)C(=O)OCCO1. The molecule has 1 aliphatic heterocycles. The second-order valence-corrected chi connectivity index (χ2v) is 4.19. The summed E-state index contributed by atoms with van der Waals surface area (Å²) in [6.45, 7) is -0.320. The molecule has 1 fully saturated rings. The van der Waals surface area contributed by atoms with Gasteiger partial charge in [0.15, 0.2) is 5.25 Å². The first-order chi connectivity index (χ1) is 6.41.